The van der Waals surface area contributed by atoms with Gasteiger partial charge in [-0.2, -0.15) is 0 Å². The summed E-state index contributed by atoms with van der Waals surface area (Å²) in [6.07, 6.45) is 8.28. The lowest BCUT2D eigenvalue weighted by molar-refractivity contribution is 0.200. The summed E-state index contributed by atoms with van der Waals surface area (Å²) in [7, 11) is 0. The first-order valence-electron chi connectivity index (χ1n) is 16.3. The van der Waals surface area contributed by atoms with Gasteiger partial charge >= 0.3 is 0 Å². The molecule has 0 saturated carbocycles. The van der Waals surface area contributed by atoms with Crippen LogP contribution in [-0.4, -0.2) is 34.0 Å². The van der Waals surface area contributed by atoms with Crippen LogP contribution in [0.4, 0.5) is 5.69 Å². The van der Waals surface area contributed by atoms with Crippen molar-refractivity contribution in [2.24, 2.45) is 0 Å². The quantitative estimate of drug-likeness (QED) is 0.179. The van der Waals surface area contributed by atoms with Crippen LogP contribution in [0, 0.1) is 41.5 Å². The zero-order valence-corrected chi connectivity index (χ0v) is 27.8. The average Bonchev–Trinajstić information content (AvgIpc) is 3.05. The normalized spacial score (nSPS) is 14.1. The van der Waals surface area contributed by atoms with Gasteiger partial charge in [-0.25, -0.2) is 0 Å². The Kier molecular flexibility index (Phi) is 9.14. The number of anilines is 1. The Morgan fingerprint density at radius 1 is 0.667 bits per heavy atom. The second-order valence-electron chi connectivity index (χ2n) is 13.1. The summed E-state index contributed by atoms with van der Waals surface area (Å²) in [6.45, 7) is 17.1. The predicted molar refractivity (Wildman–Crippen MR) is 189 cm³/mol. The Morgan fingerprint density at radius 3 is 1.93 bits per heavy atom. The van der Waals surface area contributed by atoms with Gasteiger partial charge in [0, 0.05) is 67.6 Å². The smallest absolute Gasteiger partial charge is 0.0705 e. The largest absolute Gasteiger partial charge is 0.364 e. The fraction of sp³-hybridized carbons (Fsp3) is 0.317. The molecule has 1 fully saturated rings. The van der Waals surface area contributed by atoms with Crippen LogP contribution in [0.25, 0.3) is 22.4 Å². The van der Waals surface area contributed by atoms with Crippen LogP contribution >= 0.6 is 0 Å². The first-order valence-corrected chi connectivity index (χ1v) is 16.3. The van der Waals surface area contributed by atoms with Gasteiger partial charge in [-0.15, -0.1) is 0 Å². The number of pyridine rings is 2. The summed E-state index contributed by atoms with van der Waals surface area (Å²) < 4.78 is 0. The number of piperidine rings is 1. The number of aromatic nitrogens is 2. The fourth-order valence-electron chi connectivity index (χ4n) is 6.74. The summed E-state index contributed by atoms with van der Waals surface area (Å²) in [6, 6.07) is 27.3. The Labute approximate surface area is 269 Å². The highest BCUT2D eigenvalue weighted by molar-refractivity contribution is 5.66. The second kappa shape index (κ2) is 13.4. The van der Waals surface area contributed by atoms with Crippen molar-refractivity contribution >= 4 is 5.69 Å². The number of para-hydroxylation sites is 1. The highest BCUT2D eigenvalue weighted by Crippen LogP contribution is 2.30. The lowest BCUT2D eigenvalue weighted by atomic mass is 9.96. The lowest BCUT2D eigenvalue weighted by Gasteiger charge is -2.40. The maximum absolute atomic E-state index is 4.77. The number of aryl methyl sites for hydroxylation is 4. The number of rotatable bonds is 8. The van der Waals surface area contributed by atoms with Gasteiger partial charge in [0.15, 0.2) is 0 Å². The predicted octanol–water partition coefficient (Wildman–Crippen LogP) is 9.33. The number of nitrogens with zero attached hydrogens (tertiary/aromatic N) is 4. The van der Waals surface area contributed by atoms with Crippen LogP contribution in [0.3, 0.4) is 0 Å². The zero-order valence-electron chi connectivity index (χ0n) is 27.8. The first-order chi connectivity index (χ1) is 21.7. The van der Waals surface area contributed by atoms with Gasteiger partial charge in [0.2, 0.25) is 0 Å². The molecule has 0 N–H and O–H groups in total. The van der Waals surface area contributed by atoms with Gasteiger partial charge < -0.3 is 4.90 Å². The Morgan fingerprint density at radius 2 is 1.29 bits per heavy atom. The molecule has 45 heavy (non-hydrogen) atoms. The molecular formula is C41H46N4. The van der Waals surface area contributed by atoms with Gasteiger partial charge in [-0.1, -0.05) is 30.3 Å². The molecule has 6 rings (SSSR count). The highest BCUT2D eigenvalue weighted by Gasteiger charge is 2.25. The minimum atomic E-state index is 0.479. The van der Waals surface area contributed by atoms with E-state index in [9.17, 15) is 0 Å². The molecule has 2 aromatic heterocycles. The SMILES string of the molecule is Cc1cc(-c2cncc(CN3CCC(N(Cc4ccnc(-c5cc(C)c(C)c(C)c5)c4)c4ccccc4)CC3)c2)cc(C)c1C. The van der Waals surface area contributed by atoms with Crippen LogP contribution in [0.15, 0.2) is 91.4 Å². The lowest BCUT2D eigenvalue weighted by Crippen LogP contribution is -2.44. The molecule has 4 heteroatoms. The van der Waals surface area contributed by atoms with E-state index in [0.29, 0.717) is 6.04 Å². The van der Waals surface area contributed by atoms with E-state index in [-0.39, 0.29) is 0 Å². The molecule has 0 amide bonds. The van der Waals surface area contributed by atoms with Gasteiger partial charge in [0.25, 0.3) is 0 Å². The van der Waals surface area contributed by atoms with Crippen molar-refractivity contribution in [3.05, 3.63) is 136 Å². The highest BCUT2D eigenvalue weighted by atomic mass is 15.2. The number of likely N-dealkylation sites (tertiary alicyclic amines) is 1. The van der Waals surface area contributed by atoms with E-state index in [2.05, 4.69) is 129 Å². The molecule has 0 bridgehead atoms. The molecule has 1 aliphatic heterocycles. The number of hydrogen-bond donors (Lipinski definition) is 0. The number of benzene rings is 3. The van der Waals surface area contributed by atoms with Gasteiger partial charge in [0.05, 0.1) is 5.69 Å². The molecule has 0 unspecified atom stereocenters. The molecule has 0 radical (unpaired) electrons. The molecule has 3 heterocycles. The summed E-state index contributed by atoms with van der Waals surface area (Å²) in [4.78, 5) is 14.6. The van der Waals surface area contributed by atoms with Crippen LogP contribution in [0.1, 0.15) is 57.3 Å². The first kappa shape index (κ1) is 30.7. The molecular weight excluding hydrogens is 548 g/mol. The van der Waals surface area contributed by atoms with Crippen molar-refractivity contribution in [1.82, 2.24) is 14.9 Å². The van der Waals surface area contributed by atoms with Crippen molar-refractivity contribution in [3.63, 3.8) is 0 Å². The molecule has 0 aliphatic carbocycles. The van der Waals surface area contributed by atoms with E-state index in [4.69, 9.17) is 4.98 Å². The Balaban J connectivity index is 1.16. The average molecular weight is 595 g/mol. The number of hydrogen-bond acceptors (Lipinski definition) is 4. The molecule has 3 aromatic carbocycles. The molecule has 230 valence electrons. The summed E-state index contributed by atoms with van der Waals surface area (Å²) in [5.41, 5.74) is 16.6. The third kappa shape index (κ3) is 7.02. The zero-order chi connectivity index (χ0) is 31.5. The van der Waals surface area contributed by atoms with E-state index < -0.39 is 0 Å². The van der Waals surface area contributed by atoms with Crippen molar-refractivity contribution < 1.29 is 0 Å². The van der Waals surface area contributed by atoms with Crippen molar-refractivity contribution in [1.29, 1.82) is 0 Å². The van der Waals surface area contributed by atoms with Gasteiger partial charge in [-0.3, -0.25) is 14.9 Å². The minimum Gasteiger partial charge on any atom is -0.364 e. The fourth-order valence-corrected chi connectivity index (χ4v) is 6.74. The molecule has 4 nitrogen and oxygen atoms in total. The third-order valence-corrected chi connectivity index (χ3v) is 9.95. The van der Waals surface area contributed by atoms with Crippen LogP contribution < -0.4 is 4.90 Å². The topological polar surface area (TPSA) is 32.3 Å². The summed E-state index contributed by atoms with van der Waals surface area (Å²) in [5, 5.41) is 0. The van der Waals surface area contributed by atoms with E-state index in [1.165, 1.54) is 66.9 Å². The van der Waals surface area contributed by atoms with E-state index in [1.54, 1.807) is 0 Å². The molecule has 5 aromatic rings. The molecule has 1 saturated heterocycles. The van der Waals surface area contributed by atoms with Gasteiger partial charge in [0.1, 0.15) is 0 Å². The third-order valence-electron chi connectivity index (χ3n) is 9.95. The Bertz CT molecular complexity index is 1740. The van der Waals surface area contributed by atoms with E-state index in [1.807, 2.05) is 18.6 Å². The minimum absolute atomic E-state index is 0.479. The van der Waals surface area contributed by atoms with E-state index in [0.717, 1.165) is 44.7 Å². The van der Waals surface area contributed by atoms with Crippen molar-refractivity contribution in [3.8, 4) is 22.4 Å². The van der Waals surface area contributed by atoms with Crippen molar-refractivity contribution in [2.75, 3.05) is 18.0 Å². The van der Waals surface area contributed by atoms with Crippen molar-refractivity contribution in [2.45, 2.75) is 73.5 Å². The maximum Gasteiger partial charge on any atom is 0.0705 e. The monoisotopic (exact) mass is 594 g/mol. The van der Waals surface area contributed by atoms with Gasteiger partial charge in [-0.05, 0) is 147 Å². The molecule has 1 aliphatic rings. The summed E-state index contributed by atoms with van der Waals surface area (Å²) in [5.74, 6) is 0. The summed E-state index contributed by atoms with van der Waals surface area (Å²) >= 11 is 0. The maximum atomic E-state index is 4.77. The van der Waals surface area contributed by atoms with Crippen LogP contribution in [0.2, 0.25) is 0 Å². The van der Waals surface area contributed by atoms with E-state index >= 15 is 0 Å². The second-order valence-corrected chi connectivity index (χ2v) is 13.1. The standard InChI is InChI=1S/C41H46N4/c1-28-18-36(19-29(2)32(28)5)38-22-35(24-42-25-38)26-44-16-13-40(14-17-44)45(39-10-8-7-9-11-39)27-34-12-15-43-41(23-34)37-20-30(3)33(6)31(4)21-37/h7-12,15,18-25,40H,13-14,16-17,26-27H2,1-6H3. The van der Waals surface area contributed by atoms with Crippen LogP contribution in [0.5, 0.6) is 0 Å². The molecule has 0 spiro atoms. The Hall–Kier alpha value is -4.28. The molecule has 0 atom stereocenters. The van der Waals surface area contributed by atoms with Crippen LogP contribution in [-0.2, 0) is 13.1 Å².